The molecule has 3 amide bonds. The highest BCUT2D eigenvalue weighted by Crippen LogP contribution is 2.45. The zero-order valence-corrected chi connectivity index (χ0v) is 27.4. The molecule has 2 aliphatic heterocycles. The second-order valence-electron chi connectivity index (χ2n) is 12.7. The molecule has 2 fully saturated rings. The number of para-hydroxylation sites is 3. The SMILES string of the molecule is O=C1N[C@]2(C(=O)NOc3ccccc3)C[C@@H]2/C=C\CCCCC[C@H](Nc2ccccc2)C(=O)N2C[C@H](Oc3nc4ccccc4s3)C[C@@H]12. The molecular weight excluding hydrogens is 627 g/mol. The topological polar surface area (TPSA) is 122 Å². The molecule has 1 aromatic heterocycles. The monoisotopic (exact) mass is 665 g/mol. The fraction of sp³-hybridized carbons (Fsp3) is 0.351. The first-order valence-electron chi connectivity index (χ1n) is 16.6. The van der Waals surface area contributed by atoms with Crippen molar-refractivity contribution in [2.75, 3.05) is 11.9 Å². The van der Waals surface area contributed by atoms with E-state index in [9.17, 15) is 14.4 Å². The average molecular weight is 666 g/mol. The normalized spacial score (nSPS) is 26.6. The van der Waals surface area contributed by atoms with Gasteiger partial charge in [-0.2, -0.15) is 5.48 Å². The first-order chi connectivity index (χ1) is 23.5. The molecule has 7 rings (SSSR count). The lowest BCUT2D eigenvalue weighted by atomic mass is 10.0. The summed E-state index contributed by atoms with van der Waals surface area (Å²) in [6, 6.07) is 25.1. The number of carbonyl (C=O) groups excluding carboxylic acids is 3. The van der Waals surface area contributed by atoms with Crippen LogP contribution in [0.25, 0.3) is 10.2 Å². The van der Waals surface area contributed by atoms with E-state index in [0.717, 1.165) is 41.6 Å². The van der Waals surface area contributed by atoms with Crippen LogP contribution in [-0.2, 0) is 14.4 Å². The Morgan fingerprint density at radius 2 is 1.73 bits per heavy atom. The third-order valence-electron chi connectivity index (χ3n) is 9.31. The van der Waals surface area contributed by atoms with Crippen molar-refractivity contribution in [2.45, 2.75) is 68.7 Å². The molecule has 0 spiro atoms. The van der Waals surface area contributed by atoms with Crippen LogP contribution in [0.15, 0.2) is 97.1 Å². The Labute approximate surface area is 283 Å². The molecule has 4 aromatic rings. The molecule has 1 aliphatic carbocycles. The molecule has 0 radical (unpaired) electrons. The Kier molecular flexibility index (Phi) is 9.29. The number of thiazole rings is 1. The number of anilines is 1. The number of rotatable bonds is 7. The molecular formula is C37H39N5O5S. The number of hydroxylamine groups is 1. The summed E-state index contributed by atoms with van der Waals surface area (Å²) in [6.45, 7) is 0.222. The molecule has 48 heavy (non-hydrogen) atoms. The van der Waals surface area contributed by atoms with Gasteiger partial charge in [-0.25, -0.2) is 4.98 Å². The van der Waals surface area contributed by atoms with Gasteiger partial charge in [-0.1, -0.05) is 84.9 Å². The number of carbonyl (C=O) groups is 3. The van der Waals surface area contributed by atoms with Crippen molar-refractivity contribution in [3.05, 3.63) is 97.1 Å². The van der Waals surface area contributed by atoms with E-state index in [1.807, 2.05) is 78.9 Å². The smallest absolute Gasteiger partial charge is 0.278 e. The van der Waals surface area contributed by atoms with E-state index in [1.54, 1.807) is 17.0 Å². The molecule has 3 heterocycles. The van der Waals surface area contributed by atoms with E-state index >= 15 is 0 Å². The van der Waals surface area contributed by atoms with Gasteiger partial charge in [0.05, 0.1) is 16.8 Å². The predicted molar refractivity (Wildman–Crippen MR) is 184 cm³/mol. The Morgan fingerprint density at radius 3 is 2.54 bits per heavy atom. The van der Waals surface area contributed by atoms with Crippen LogP contribution in [0.1, 0.15) is 44.9 Å². The summed E-state index contributed by atoms with van der Waals surface area (Å²) in [4.78, 5) is 54.2. The van der Waals surface area contributed by atoms with E-state index in [2.05, 4.69) is 27.2 Å². The van der Waals surface area contributed by atoms with Gasteiger partial charge in [-0.05, 0) is 62.1 Å². The van der Waals surface area contributed by atoms with Crippen LogP contribution in [-0.4, -0.2) is 57.9 Å². The molecule has 11 heteroatoms. The maximum atomic E-state index is 14.4. The number of benzene rings is 3. The molecule has 5 atom stereocenters. The van der Waals surface area contributed by atoms with Crippen molar-refractivity contribution in [1.29, 1.82) is 0 Å². The van der Waals surface area contributed by atoms with Crippen LogP contribution in [0.5, 0.6) is 10.9 Å². The van der Waals surface area contributed by atoms with Crippen molar-refractivity contribution in [1.82, 2.24) is 20.7 Å². The minimum Gasteiger partial charge on any atom is -0.465 e. The molecule has 10 nitrogen and oxygen atoms in total. The van der Waals surface area contributed by atoms with Crippen LogP contribution in [0, 0.1) is 5.92 Å². The number of hydrogen-bond donors (Lipinski definition) is 3. The minimum absolute atomic E-state index is 0.166. The summed E-state index contributed by atoms with van der Waals surface area (Å²) < 4.78 is 7.35. The van der Waals surface area contributed by atoms with Gasteiger partial charge < -0.3 is 25.1 Å². The number of nitrogens with one attached hydrogen (secondary N) is 3. The quantitative estimate of drug-likeness (QED) is 0.173. The number of aromatic nitrogens is 1. The van der Waals surface area contributed by atoms with Crippen LogP contribution in [0.3, 0.4) is 0 Å². The summed E-state index contributed by atoms with van der Waals surface area (Å²) in [5, 5.41) is 7.01. The maximum Gasteiger partial charge on any atom is 0.278 e. The zero-order chi connectivity index (χ0) is 32.9. The first kappa shape index (κ1) is 31.7. The summed E-state index contributed by atoms with van der Waals surface area (Å²) in [5.41, 5.74) is 3.05. The van der Waals surface area contributed by atoms with Gasteiger partial charge in [0.25, 0.3) is 11.1 Å². The number of fused-ring (bicyclic) bond motifs is 3. The highest BCUT2D eigenvalue weighted by atomic mass is 32.1. The Hall–Kier alpha value is -4.90. The van der Waals surface area contributed by atoms with Gasteiger partial charge in [0.2, 0.25) is 11.8 Å². The number of nitrogens with zero attached hydrogens (tertiary/aromatic N) is 2. The lowest BCUT2D eigenvalue weighted by molar-refractivity contribution is -0.141. The highest BCUT2D eigenvalue weighted by molar-refractivity contribution is 7.20. The zero-order valence-electron chi connectivity index (χ0n) is 26.5. The Balaban J connectivity index is 1.16. The molecule has 1 saturated carbocycles. The van der Waals surface area contributed by atoms with E-state index in [1.165, 1.54) is 11.3 Å². The summed E-state index contributed by atoms with van der Waals surface area (Å²) >= 11 is 1.44. The van der Waals surface area contributed by atoms with Crippen LogP contribution >= 0.6 is 11.3 Å². The van der Waals surface area contributed by atoms with E-state index < -0.39 is 35.5 Å². The van der Waals surface area contributed by atoms with E-state index in [4.69, 9.17) is 9.57 Å². The van der Waals surface area contributed by atoms with Crippen LogP contribution < -0.4 is 25.7 Å². The number of hydrogen-bond acceptors (Lipinski definition) is 8. The fourth-order valence-corrected chi connectivity index (χ4v) is 7.51. The lowest BCUT2D eigenvalue weighted by Gasteiger charge is -2.30. The van der Waals surface area contributed by atoms with Crippen LogP contribution in [0.4, 0.5) is 5.69 Å². The lowest BCUT2D eigenvalue weighted by Crippen LogP contribution is -2.57. The van der Waals surface area contributed by atoms with E-state index in [0.29, 0.717) is 23.8 Å². The van der Waals surface area contributed by atoms with Gasteiger partial charge >= 0.3 is 0 Å². The van der Waals surface area contributed by atoms with Crippen molar-refractivity contribution in [3.63, 3.8) is 0 Å². The average Bonchev–Trinajstić information content (AvgIpc) is 3.41. The standard InChI is InChI=1S/C37H39N5O5S/c43-33-31-22-28(46-36-39-29-19-12-13-21-32(29)48-36)24-42(31)34(44)30(38-26-15-7-4-8-16-26)20-11-3-1-2-6-14-25-23-37(25,40-33)35(45)41-47-27-17-9-5-10-18-27/h4-10,12-19,21,25,28,30-31,38H,1-3,11,20,22-24H2,(H,40,43)(H,41,45)/b14-6-/t25-,28+,30-,31-,37+/m0/s1. The Morgan fingerprint density at radius 1 is 0.958 bits per heavy atom. The first-order valence-corrected chi connectivity index (χ1v) is 17.5. The summed E-state index contributed by atoms with van der Waals surface area (Å²) in [5.74, 6) is -0.699. The largest absolute Gasteiger partial charge is 0.465 e. The number of amides is 3. The summed E-state index contributed by atoms with van der Waals surface area (Å²) in [6.07, 6.45) is 8.61. The second-order valence-corrected chi connectivity index (χ2v) is 13.7. The minimum atomic E-state index is -1.19. The molecule has 3 aliphatic rings. The molecule has 3 aromatic carbocycles. The molecule has 248 valence electrons. The van der Waals surface area contributed by atoms with Gasteiger partial charge in [0.15, 0.2) is 5.75 Å². The van der Waals surface area contributed by atoms with Crippen molar-refractivity contribution < 1.29 is 24.0 Å². The molecule has 3 N–H and O–H groups in total. The van der Waals surface area contributed by atoms with Gasteiger partial charge in [0.1, 0.15) is 23.7 Å². The number of allylic oxidation sites excluding steroid dienone is 1. The highest BCUT2D eigenvalue weighted by Gasteiger charge is 2.61. The predicted octanol–water partition coefficient (Wildman–Crippen LogP) is 5.63. The fourth-order valence-electron chi connectivity index (χ4n) is 6.63. The van der Waals surface area contributed by atoms with Crippen molar-refractivity contribution in [2.24, 2.45) is 5.92 Å². The second kappa shape index (κ2) is 14.1. The Bertz CT molecular complexity index is 1750. The van der Waals surface area contributed by atoms with E-state index in [-0.39, 0.29) is 24.8 Å². The van der Waals surface area contributed by atoms with Gasteiger partial charge in [-0.3, -0.25) is 14.4 Å². The third-order valence-corrected chi connectivity index (χ3v) is 10.2. The molecule has 0 bridgehead atoms. The molecule has 0 unspecified atom stereocenters. The van der Waals surface area contributed by atoms with Gasteiger partial charge in [0, 0.05) is 18.0 Å². The van der Waals surface area contributed by atoms with Crippen molar-refractivity contribution >= 4 is 45.0 Å². The summed E-state index contributed by atoms with van der Waals surface area (Å²) in [7, 11) is 0. The maximum absolute atomic E-state index is 14.4. The molecule has 1 saturated heterocycles. The third kappa shape index (κ3) is 7.01. The van der Waals surface area contributed by atoms with Gasteiger partial charge in [-0.15, -0.1) is 0 Å². The number of ether oxygens (including phenoxy) is 1. The van der Waals surface area contributed by atoms with Crippen LogP contribution in [0.2, 0.25) is 0 Å². The van der Waals surface area contributed by atoms with Crippen molar-refractivity contribution in [3.8, 4) is 10.9 Å².